The Hall–Kier alpha value is -2.84. The summed E-state index contributed by atoms with van der Waals surface area (Å²) < 4.78 is 44.4. The summed E-state index contributed by atoms with van der Waals surface area (Å²) in [5.74, 6) is 0.267. The first-order valence-electron chi connectivity index (χ1n) is 7.97. The fraction of sp³-hybridized carbons (Fsp3) is 0.353. The Morgan fingerprint density at radius 3 is 2.46 bits per heavy atom. The molecule has 1 aliphatic rings. The molecule has 9 heteroatoms. The molecule has 1 aromatic carbocycles. The van der Waals surface area contributed by atoms with E-state index >= 15 is 0 Å². The van der Waals surface area contributed by atoms with Crippen molar-refractivity contribution in [3.8, 4) is 5.88 Å². The standard InChI is InChI=1S/C17H17F3N4O2/c1-26-14-6-7-21-16(22-14)24-10-8-23(9-11-24)15(25)12-4-2-3-5-13(12)17(18,19)20/h2-7H,8-11H2,1H3. The molecule has 0 bridgehead atoms. The van der Waals surface area contributed by atoms with E-state index in [9.17, 15) is 18.0 Å². The summed E-state index contributed by atoms with van der Waals surface area (Å²) in [6.07, 6.45) is -3.00. The van der Waals surface area contributed by atoms with E-state index < -0.39 is 17.6 Å². The molecule has 1 aliphatic heterocycles. The van der Waals surface area contributed by atoms with Crippen LogP contribution in [0.2, 0.25) is 0 Å². The third-order valence-electron chi connectivity index (χ3n) is 4.14. The molecule has 26 heavy (non-hydrogen) atoms. The van der Waals surface area contributed by atoms with Crippen LogP contribution in [-0.4, -0.2) is 54.1 Å². The van der Waals surface area contributed by atoms with E-state index in [4.69, 9.17) is 4.74 Å². The highest BCUT2D eigenvalue weighted by molar-refractivity contribution is 5.96. The van der Waals surface area contributed by atoms with Crippen LogP contribution in [0, 0.1) is 0 Å². The topological polar surface area (TPSA) is 58.6 Å². The van der Waals surface area contributed by atoms with Gasteiger partial charge in [0.1, 0.15) is 0 Å². The van der Waals surface area contributed by atoms with E-state index in [1.807, 2.05) is 4.90 Å². The minimum Gasteiger partial charge on any atom is -0.481 e. The molecule has 0 N–H and O–H groups in total. The Bertz CT molecular complexity index is 790. The number of methoxy groups -OCH3 is 1. The van der Waals surface area contributed by atoms with Crippen LogP contribution in [0.15, 0.2) is 36.5 Å². The quantitative estimate of drug-likeness (QED) is 0.835. The third-order valence-corrected chi connectivity index (χ3v) is 4.14. The number of alkyl halides is 3. The number of ether oxygens (including phenoxy) is 1. The molecule has 1 amide bonds. The molecule has 0 unspecified atom stereocenters. The SMILES string of the molecule is COc1ccnc(N2CCN(C(=O)c3ccccc3C(F)(F)F)CC2)n1. The summed E-state index contributed by atoms with van der Waals surface area (Å²) in [7, 11) is 1.50. The number of aromatic nitrogens is 2. The Morgan fingerprint density at radius 2 is 1.81 bits per heavy atom. The normalized spacial score (nSPS) is 15.1. The molecular formula is C17H17F3N4O2. The molecule has 3 rings (SSSR count). The van der Waals surface area contributed by atoms with Gasteiger partial charge in [-0.3, -0.25) is 4.79 Å². The van der Waals surface area contributed by atoms with E-state index in [2.05, 4.69) is 9.97 Å². The van der Waals surface area contributed by atoms with Crippen molar-refractivity contribution in [2.75, 3.05) is 38.2 Å². The van der Waals surface area contributed by atoms with Gasteiger partial charge in [-0.05, 0) is 12.1 Å². The number of carbonyl (C=O) groups is 1. The van der Waals surface area contributed by atoms with Gasteiger partial charge in [-0.2, -0.15) is 18.2 Å². The maximum Gasteiger partial charge on any atom is 0.417 e. The predicted octanol–water partition coefficient (Wildman–Crippen LogP) is 2.47. The van der Waals surface area contributed by atoms with Gasteiger partial charge in [0, 0.05) is 38.4 Å². The number of nitrogens with zero attached hydrogens (tertiary/aromatic N) is 4. The molecule has 1 saturated heterocycles. The second-order valence-corrected chi connectivity index (χ2v) is 5.72. The van der Waals surface area contributed by atoms with Crippen molar-refractivity contribution in [3.63, 3.8) is 0 Å². The zero-order chi connectivity index (χ0) is 18.7. The summed E-state index contributed by atoms with van der Waals surface area (Å²) in [6.45, 7) is 1.41. The summed E-state index contributed by atoms with van der Waals surface area (Å²) >= 11 is 0. The average Bonchev–Trinajstić information content (AvgIpc) is 2.67. The zero-order valence-electron chi connectivity index (χ0n) is 14.0. The molecule has 2 aromatic rings. The number of amides is 1. The van der Waals surface area contributed by atoms with Crippen LogP contribution >= 0.6 is 0 Å². The van der Waals surface area contributed by atoms with Crippen molar-refractivity contribution in [2.45, 2.75) is 6.18 Å². The van der Waals surface area contributed by atoms with Gasteiger partial charge in [0.2, 0.25) is 11.8 Å². The highest BCUT2D eigenvalue weighted by Gasteiger charge is 2.36. The maximum absolute atomic E-state index is 13.1. The van der Waals surface area contributed by atoms with E-state index in [0.717, 1.165) is 6.07 Å². The van der Waals surface area contributed by atoms with Gasteiger partial charge >= 0.3 is 6.18 Å². The first kappa shape index (κ1) is 18.0. The Balaban J connectivity index is 1.71. The predicted molar refractivity (Wildman–Crippen MR) is 88.1 cm³/mol. The van der Waals surface area contributed by atoms with Gasteiger partial charge in [-0.1, -0.05) is 12.1 Å². The van der Waals surface area contributed by atoms with Crippen molar-refractivity contribution >= 4 is 11.9 Å². The van der Waals surface area contributed by atoms with E-state index in [0.29, 0.717) is 24.9 Å². The fourth-order valence-corrected chi connectivity index (χ4v) is 2.80. The molecule has 0 atom stereocenters. The van der Waals surface area contributed by atoms with E-state index in [-0.39, 0.29) is 18.7 Å². The maximum atomic E-state index is 13.1. The lowest BCUT2D eigenvalue weighted by molar-refractivity contribution is -0.138. The van der Waals surface area contributed by atoms with Gasteiger partial charge in [0.25, 0.3) is 5.91 Å². The first-order valence-corrected chi connectivity index (χ1v) is 7.97. The largest absolute Gasteiger partial charge is 0.481 e. The van der Waals surface area contributed by atoms with Gasteiger partial charge in [0.05, 0.1) is 18.2 Å². The minimum absolute atomic E-state index is 0.283. The number of hydrogen-bond donors (Lipinski definition) is 0. The summed E-state index contributed by atoms with van der Waals surface area (Å²) in [6, 6.07) is 6.47. The number of rotatable bonds is 3. The second-order valence-electron chi connectivity index (χ2n) is 5.72. The van der Waals surface area contributed by atoms with E-state index in [1.165, 1.54) is 30.2 Å². The summed E-state index contributed by atoms with van der Waals surface area (Å²) in [5.41, 5.74) is -1.24. The van der Waals surface area contributed by atoms with Crippen molar-refractivity contribution in [1.82, 2.24) is 14.9 Å². The van der Waals surface area contributed by atoms with Crippen molar-refractivity contribution in [2.24, 2.45) is 0 Å². The molecule has 0 radical (unpaired) electrons. The fourth-order valence-electron chi connectivity index (χ4n) is 2.80. The molecule has 1 fully saturated rings. The molecule has 138 valence electrons. The summed E-state index contributed by atoms with van der Waals surface area (Å²) in [5, 5.41) is 0. The number of anilines is 1. The Labute approximate surface area is 148 Å². The monoisotopic (exact) mass is 366 g/mol. The minimum atomic E-state index is -4.57. The first-order chi connectivity index (χ1) is 12.4. The number of benzene rings is 1. The average molecular weight is 366 g/mol. The van der Waals surface area contributed by atoms with Gasteiger partial charge in [0.15, 0.2) is 0 Å². The lowest BCUT2D eigenvalue weighted by Crippen LogP contribution is -2.49. The zero-order valence-corrected chi connectivity index (χ0v) is 14.0. The van der Waals surface area contributed by atoms with Crippen LogP contribution in [0.4, 0.5) is 19.1 Å². The van der Waals surface area contributed by atoms with Crippen LogP contribution in [0.3, 0.4) is 0 Å². The molecule has 0 aliphatic carbocycles. The van der Waals surface area contributed by atoms with E-state index in [1.54, 1.807) is 12.3 Å². The van der Waals surface area contributed by atoms with Crippen LogP contribution in [0.25, 0.3) is 0 Å². The lowest BCUT2D eigenvalue weighted by Gasteiger charge is -2.35. The highest BCUT2D eigenvalue weighted by atomic mass is 19.4. The van der Waals surface area contributed by atoms with Crippen molar-refractivity contribution < 1.29 is 22.7 Å². The smallest absolute Gasteiger partial charge is 0.417 e. The molecule has 0 saturated carbocycles. The molecule has 2 heterocycles. The molecule has 0 spiro atoms. The molecular weight excluding hydrogens is 349 g/mol. The number of carbonyl (C=O) groups excluding carboxylic acids is 1. The van der Waals surface area contributed by atoms with Crippen LogP contribution in [0.1, 0.15) is 15.9 Å². The third kappa shape index (κ3) is 3.71. The number of piperazine rings is 1. The summed E-state index contributed by atoms with van der Waals surface area (Å²) in [4.78, 5) is 24.2. The second kappa shape index (κ2) is 7.19. The number of hydrogen-bond acceptors (Lipinski definition) is 5. The van der Waals surface area contributed by atoms with Crippen molar-refractivity contribution in [3.05, 3.63) is 47.7 Å². The Kier molecular flexibility index (Phi) is 4.97. The van der Waals surface area contributed by atoms with Crippen LogP contribution in [-0.2, 0) is 6.18 Å². The van der Waals surface area contributed by atoms with Crippen LogP contribution < -0.4 is 9.64 Å². The van der Waals surface area contributed by atoms with Gasteiger partial charge < -0.3 is 14.5 Å². The number of halogens is 3. The van der Waals surface area contributed by atoms with Gasteiger partial charge in [-0.15, -0.1) is 0 Å². The molecule has 6 nitrogen and oxygen atoms in total. The van der Waals surface area contributed by atoms with Gasteiger partial charge in [-0.25, -0.2) is 4.98 Å². The van der Waals surface area contributed by atoms with Crippen molar-refractivity contribution in [1.29, 1.82) is 0 Å². The molecule has 1 aromatic heterocycles. The lowest BCUT2D eigenvalue weighted by atomic mass is 10.1. The Morgan fingerprint density at radius 1 is 1.12 bits per heavy atom. The highest BCUT2D eigenvalue weighted by Crippen LogP contribution is 2.32. The van der Waals surface area contributed by atoms with Crippen LogP contribution in [0.5, 0.6) is 5.88 Å².